The molecule has 1 aromatic rings. The Balaban J connectivity index is 2.02. The number of rotatable bonds is 9. The zero-order valence-electron chi connectivity index (χ0n) is 17.7. The number of nitrogens with one attached hydrogen (secondary N) is 2. The Morgan fingerprint density at radius 3 is 2.39 bits per heavy atom. The van der Waals surface area contributed by atoms with Crippen LogP contribution in [0.5, 0.6) is 0 Å². The number of benzene rings is 1. The van der Waals surface area contributed by atoms with E-state index in [2.05, 4.69) is 10.6 Å². The predicted octanol–water partition coefficient (Wildman–Crippen LogP) is -0.998. The minimum Gasteiger partial charge on any atom is -0.480 e. The number of amides is 3. The number of likely N-dealkylation sites (tertiary alicyclic amines) is 1. The Hall–Kier alpha value is -2.98. The molecule has 1 aliphatic heterocycles. The van der Waals surface area contributed by atoms with Crippen molar-refractivity contribution in [1.82, 2.24) is 15.5 Å². The largest absolute Gasteiger partial charge is 0.480 e. The number of hydrogen-bond acceptors (Lipinski definition) is 6. The molecule has 5 unspecified atom stereocenters. The van der Waals surface area contributed by atoms with Crippen LogP contribution in [0.1, 0.15) is 32.3 Å². The summed E-state index contributed by atoms with van der Waals surface area (Å²) >= 11 is 0. The van der Waals surface area contributed by atoms with Crippen molar-refractivity contribution in [3.05, 3.63) is 35.9 Å². The summed E-state index contributed by atoms with van der Waals surface area (Å²) in [7, 11) is 0. The van der Waals surface area contributed by atoms with Crippen molar-refractivity contribution in [2.75, 3.05) is 6.54 Å². The number of nitrogens with two attached hydrogens (primary N) is 1. The molecule has 1 saturated heterocycles. The summed E-state index contributed by atoms with van der Waals surface area (Å²) < 4.78 is 0. The highest BCUT2D eigenvalue weighted by molar-refractivity contribution is 5.94. The van der Waals surface area contributed by atoms with Gasteiger partial charge in [0, 0.05) is 13.0 Å². The SMILES string of the molecule is CC(NC(=O)C(N)C(C)O)C(=O)N1CCCC1C(=O)NC(Cc1ccccc1)C(=O)O. The summed E-state index contributed by atoms with van der Waals surface area (Å²) in [6.45, 7) is 3.15. The number of carbonyl (C=O) groups is 4. The number of carbonyl (C=O) groups excluding carboxylic acids is 3. The molecule has 1 heterocycles. The maximum atomic E-state index is 12.8. The molecule has 0 radical (unpaired) electrons. The quantitative estimate of drug-likeness (QED) is 0.333. The lowest BCUT2D eigenvalue weighted by molar-refractivity contribution is -0.144. The molecule has 1 aromatic carbocycles. The lowest BCUT2D eigenvalue weighted by Gasteiger charge is -2.28. The molecular weight excluding hydrogens is 404 g/mol. The van der Waals surface area contributed by atoms with Crippen LogP contribution in [0.15, 0.2) is 30.3 Å². The van der Waals surface area contributed by atoms with Gasteiger partial charge in [-0.15, -0.1) is 0 Å². The molecule has 0 aromatic heterocycles. The van der Waals surface area contributed by atoms with Gasteiger partial charge in [-0.05, 0) is 32.3 Å². The minimum absolute atomic E-state index is 0.117. The molecule has 5 atom stereocenters. The highest BCUT2D eigenvalue weighted by Gasteiger charge is 2.38. The Bertz CT molecular complexity index is 800. The molecule has 0 bridgehead atoms. The van der Waals surface area contributed by atoms with Gasteiger partial charge in [-0.3, -0.25) is 14.4 Å². The number of carboxylic acid groups (broad SMARTS) is 1. The average molecular weight is 434 g/mol. The van der Waals surface area contributed by atoms with Crippen LogP contribution in [0.3, 0.4) is 0 Å². The highest BCUT2D eigenvalue weighted by Crippen LogP contribution is 2.19. The molecule has 0 aliphatic carbocycles. The van der Waals surface area contributed by atoms with Gasteiger partial charge in [0.1, 0.15) is 24.2 Å². The molecule has 1 fully saturated rings. The predicted molar refractivity (Wildman–Crippen MR) is 112 cm³/mol. The first-order valence-electron chi connectivity index (χ1n) is 10.2. The van der Waals surface area contributed by atoms with E-state index in [-0.39, 0.29) is 6.42 Å². The Morgan fingerprint density at radius 1 is 1.16 bits per heavy atom. The van der Waals surface area contributed by atoms with Crippen molar-refractivity contribution in [2.24, 2.45) is 5.73 Å². The van der Waals surface area contributed by atoms with Crippen LogP contribution in [0.25, 0.3) is 0 Å². The van der Waals surface area contributed by atoms with E-state index in [1.807, 2.05) is 6.07 Å². The fraction of sp³-hybridized carbons (Fsp3) is 0.524. The molecule has 0 saturated carbocycles. The van der Waals surface area contributed by atoms with Crippen molar-refractivity contribution in [2.45, 2.75) is 63.4 Å². The fourth-order valence-electron chi connectivity index (χ4n) is 3.46. The van der Waals surface area contributed by atoms with Crippen molar-refractivity contribution in [3.63, 3.8) is 0 Å². The first-order valence-corrected chi connectivity index (χ1v) is 10.2. The molecule has 3 amide bonds. The van der Waals surface area contributed by atoms with Crippen LogP contribution in [0, 0.1) is 0 Å². The van der Waals surface area contributed by atoms with Gasteiger partial charge in [0.05, 0.1) is 6.10 Å². The molecule has 1 aliphatic rings. The van der Waals surface area contributed by atoms with E-state index in [4.69, 9.17) is 5.73 Å². The third-order valence-electron chi connectivity index (χ3n) is 5.29. The second kappa shape index (κ2) is 10.9. The molecule has 0 spiro atoms. The zero-order valence-corrected chi connectivity index (χ0v) is 17.7. The topological polar surface area (TPSA) is 162 Å². The lowest BCUT2D eigenvalue weighted by Crippen LogP contribution is -2.57. The Kier molecular flexibility index (Phi) is 8.52. The average Bonchev–Trinajstić information content (AvgIpc) is 3.22. The summed E-state index contributed by atoms with van der Waals surface area (Å²) in [6.07, 6.45) is 0.00825. The second-order valence-electron chi connectivity index (χ2n) is 7.78. The van der Waals surface area contributed by atoms with Crippen molar-refractivity contribution in [1.29, 1.82) is 0 Å². The normalized spacial score (nSPS) is 19.7. The molecule has 6 N–H and O–H groups in total. The van der Waals surface area contributed by atoms with E-state index in [0.29, 0.717) is 19.4 Å². The summed E-state index contributed by atoms with van der Waals surface area (Å²) in [5.41, 5.74) is 6.34. The molecule has 170 valence electrons. The number of aliphatic hydroxyl groups is 1. The van der Waals surface area contributed by atoms with E-state index in [1.165, 1.54) is 18.7 Å². The van der Waals surface area contributed by atoms with Crippen LogP contribution in [0.2, 0.25) is 0 Å². The first-order chi connectivity index (χ1) is 14.6. The lowest BCUT2D eigenvalue weighted by atomic mass is 10.1. The summed E-state index contributed by atoms with van der Waals surface area (Å²) in [5.74, 6) is -2.86. The highest BCUT2D eigenvalue weighted by atomic mass is 16.4. The van der Waals surface area contributed by atoms with Gasteiger partial charge in [-0.25, -0.2) is 4.79 Å². The Morgan fingerprint density at radius 2 is 1.81 bits per heavy atom. The molecule has 10 nitrogen and oxygen atoms in total. The third kappa shape index (κ3) is 6.50. The van der Waals surface area contributed by atoms with E-state index >= 15 is 0 Å². The molecular formula is C21H30N4O6. The number of carboxylic acids is 1. The van der Waals surface area contributed by atoms with Gasteiger partial charge >= 0.3 is 5.97 Å². The van der Waals surface area contributed by atoms with Crippen LogP contribution in [-0.2, 0) is 25.6 Å². The summed E-state index contributed by atoms with van der Waals surface area (Å²) in [4.78, 5) is 50.6. The third-order valence-corrected chi connectivity index (χ3v) is 5.29. The van der Waals surface area contributed by atoms with Gasteiger partial charge in [0.15, 0.2) is 0 Å². The molecule has 2 rings (SSSR count). The monoisotopic (exact) mass is 434 g/mol. The molecule has 31 heavy (non-hydrogen) atoms. The van der Waals surface area contributed by atoms with Crippen LogP contribution in [-0.4, -0.2) is 75.6 Å². The van der Waals surface area contributed by atoms with Crippen LogP contribution < -0.4 is 16.4 Å². The first kappa shape index (κ1) is 24.3. The van der Waals surface area contributed by atoms with E-state index < -0.39 is 54.0 Å². The maximum absolute atomic E-state index is 12.8. The second-order valence-corrected chi connectivity index (χ2v) is 7.78. The minimum atomic E-state index is -1.18. The molecule has 10 heteroatoms. The number of aliphatic hydroxyl groups excluding tert-OH is 1. The van der Waals surface area contributed by atoms with Crippen molar-refractivity contribution < 1.29 is 29.4 Å². The number of hydrogen-bond donors (Lipinski definition) is 5. The van der Waals surface area contributed by atoms with Crippen LogP contribution >= 0.6 is 0 Å². The number of nitrogens with zero attached hydrogens (tertiary/aromatic N) is 1. The zero-order chi connectivity index (χ0) is 23.1. The van der Waals surface area contributed by atoms with E-state index in [1.54, 1.807) is 24.3 Å². The van der Waals surface area contributed by atoms with E-state index in [0.717, 1.165) is 5.56 Å². The van der Waals surface area contributed by atoms with Crippen LogP contribution in [0.4, 0.5) is 0 Å². The van der Waals surface area contributed by atoms with Crippen molar-refractivity contribution in [3.8, 4) is 0 Å². The maximum Gasteiger partial charge on any atom is 0.326 e. The number of aliphatic carboxylic acids is 1. The van der Waals surface area contributed by atoms with Crippen molar-refractivity contribution >= 4 is 23.7 Å². The van der Waals surface area contributed by atoms with Gasteiger partial charge < -0.3 is 31.5 Å². The summed E-state index contributed by atoms with van der Waals surface area (Å²) in [6, 6.07) is 4.84. The van der Waals surface area contributed by atoms with Gasteiger partial charge in [0.2, 0.25) is 17.7 Å². The summed E-state index contributed by atoms with van der Waals surface area (Å²) in [5, 5.41) is 23.9. The fourth-order valence-corrected chi connectivity index (χ4v) is 3.46. The Labute approximate surface area is 180 Å². The standard InChI is InChI=1S/C21H30N4O6/c1-12(23-19(28)17(22)13(2)26)20(29)25-10-6-9-16(25)18(27)24-15(21(30)31)11-14-7-4-3-5-8-14/h3-5,7-8,12-13,15-17,26H,6,9-11,22H2,1-2H3,(H,23,28)(H,24,27)(H,30,31). The smallest absolute Gasteiger partial charge is 0.326 e. The van der Waals surface area contributed by atoms with Gasteiger partial charge in [-0.1, -0.05) is 30.3 Å². The van der Waals surface area contributed by atoms with E-state index in [9.17, 15) is 29.4 Å². The van der Waals surface area contributed by atoms with Gasteiger partial charge in [-0.2, -0.15) is 0 Å². The van der Waals surface area contributed by atoms with Gasteiger partial charge in [0.25, 0.3) is 0 Å².